The van der Waals surface area contributed by atoms with E-state index in [1.807, 2.05) is 177 Å². The number of nitrogens with two attached hydrogens (primary N) is 1. The summed E-state index contributed by atoms with van der Waals surface area (Å²) in [5, 5.41) is 31.7. The highest BCUT2D eigenvalue weighted by Gasteiger charge is 2.28. The molecule has 0 atom stereocenters. The summed E-state index contributed by atoms with van der Waals surface area (Å²) in [7, 11) is 1.87. The normalized spacial score (nSPS) is 10.7. The molecule has 16 aromatic rings. The van der Waals surface area contributed by atoms with Gasteiger partial charge in [0.15, 0.2) is 0 Å². The third-order valence-corrected chi connectivity index (χ3v) is 21.6. The van der Waals surface area contributed by atoms with E-state index in [0.717, 1.165) is 119 Å². The van der Waals surface area contributed by atoms with Crippen LogP contribution in [0.4, 0.5) is 31.5 Å². The number of pyridine rings is 4. The molecule has 30 heteroatoms. The highest BCUT2D eigenvalue weighted by Crippen LogP contribution is 2.33. The minimum absolute atomic E-state index is 0.0673. The molecule has 6 N–H and O–H groups in total. The van der Waals surface area contributed by atoms with Crippen molar-refractivity contribution in [1.82, 2.24) is 35.1 Å². The number of aryl methyl sites for hydroxylation is 5. The summed E-state index contributed by atoms with van der Waals surface area (Å²) in [6.07, 6.45) is 9.09. The number of hydrogen-bond acceptors (Lipinski definition) is 20. The Balaban J connectivity index is 0.000000135. The predicted octanol–water partition coefficient (Wildman–Crippen LogP) is 17.0. The molecule has 12 aromatic heterocycles. The molecule has 25 nitrogen and oxygen atoms in total. The lowest BCUT2D eigenvalue weighted by molar-refractivity contribution is -0.115. The fraction of sp³-hybridized carbons (Fsp3) is 0.103. The summed E-state index contributed by atoms with van der Waals surface area (Å²) >= 11 is 10.7. The van der Waals surface area contributed by atoms with Gasteiger partial charge in [-0.05, 0) is 267 Å². The van der Waals surface area contributed by atoms with Gasteiger partial charge in [-0.1, -0.05) is 54.1 Å². The molecule has 16 rings (SSSR count). The first-order valence-electron chi connectivity index (χ1n) is 36.0. The van der Waals surface area contributed by atoms with Crippen molar-refractivity contribution in [2.45, 2.75) is 53.9 Å². The van der Waals surface area contributed by atoms with Crippen molar-refractivity contribution >= 4 is 158 Å². The second-order valence-corrected chi connectivity index (χ2v) is 30.4. The second-order valence-electron chi connectivity index (χ2n) is 26.8. The van der Waals surface area contributed by atoms with Crippen molar-refractivity contribution in [3.05, 3.63) is 332 Å². The number of nitrogens with one attached hydrogen (secondary N) is 4. The van der Waals surface area contributed by atoms with Crippen LogP contribution in [0.15, 0.2) is 237 Å². The topological polar surface area (TPSA) is 340 Å². The first kappa shape index (κ1) is 80.7. The Bertz CT molecular complexity index is 6550. The quantitative estimate of drug-likeness (QED) is 0.0330. The number of aromatic nitrogens is 8. The Hall–Kier alpha value is -14.3. The van der Waals surface area contributed by atoms with Gasteiger partial charge in [0.2, 0.25) is 17.7 Å². The first-order valence-corrected chi connectivity index (χ1v) is 39.4. The number of carbonyl (C=O) groups excluding carboxylic acids is 8. The van der Waals surface area contributed by atoms with E-state index in [-0.39, 0.29) is 17.9 Å². The lowest BCUT2D eigenvalue weighted by Crippen LogP contribution is -2.22. The van der Waals surface area contributed by atoms with Gasteiger partial charge in [-0.25, -0.2) is 0 Å². The number of benzene rings is 4. The van der Waals surface area contributed by atoms with Gasteiger partial charge in [-0.3, -0.25) is 42.8 Å². The molecule has 5 amide bonds. The SMILES string of the molecule is Cc1cc(NC(=O)C(=O)c2cc(N(C)c3ccc(C#N)cc3)n3ccccc23)sn1.Cc1cc(NC(=O)C(=O)c2cc(Oc3ccc(C#N)cc3)n3ccccc23)sn1.Cc1cc(NC(=O)Cc2cc(Cc3ccc(C(N)=O)cc3)n3ccccc23)sn1.Cc1ccn2c(Cc3ccc(Cl)cc3)cc(C(=O)C(=O)Nc3cc(C)ns3)c2c1. The molecular weight excluding hydrogens is 1580 g/mol. The number of ketones is 3. The average molecular weight is 1650 g/mol. The van der Waals surface area contributed by atoms with Gasteiger partial charge in [0.1, 0.15) is 31.6 Å². The van der Waals surface area contributed by atoms with Gasteiger partial charge >= 0.3 is 0 Å². The van der Waals surface area contributed by atoms with Crippen LogP contribution in [0.5, 0.6) is 11.6 Å². The molecular formula is C87H69ClN16O9S4. The van der Waals surface area contributed by atoms with Gasteiger partial charge in [0, 0.05) is 83.9 Å². The molecule has 12 heterocycles. The maximum atomic E-state index is 12.9. The summed E-state index contributed by atoms with van der Waals surface area (Å²) in [4.78, 5) is 102. The Kier molecular flexibility index (Phi) is 25.0. The number of nitrogens with zero attached hydrogens (tertiary/aromatic N) is 11. The van der Waals surface area contributed by atoms with Crippen LogP contribution in [0.2, 0.25) is 5.02 Å². The third kappa shape index (κ3) is 19.5. The molecule has 0 aliphatic carbocycles. The zero-order valence-electron chi connectivity index (χ0n) is 63.3. The van der Waals surface area contributed by atoms with E-state index < -0.39 is 41.0 Å². The standard InChI is InChI=1S/C22H18ClN3O2S.C22H17N5O2S.C22H20N4O2S.C21H14N4O3S/c1-13-7-8-26-17(11-15-3-5-16(23)6-4-15)12-18(19(26)9-13)21(27)22(28)24-20-10-14(2)25-29-20;1-14-11-19(30-25-14)24-22(29)21(28)17-12-20(27-10-4-3-5-18(17)27)26(2)16-8-6-15(13-23)7-9-16;1-14-10-21(29-25-14)24-20(27)13-17-12-18(26-9-3-2-4-19(17)26)11-15-5-7-16(8-6-15)22(23)28;1-13-10-18(29-24-13)23-21(27)20(26)16-11-19(25-9-3-2-4-17(16)25)28-15-7-5-14(12-22)6-8-15/h3-10,12H,11H2,1-2H3,(H,24,28);3-12H,1-2H3,(H,24,29);2-10,12H,11,13H2,1H3,(H2,23,28)(H,24,27);2-11H,1H3,(H,23,27). The van der Waals surface area contributed by atoms with Gasteiger partial charge in [0.05, 0.1) is 85.7 Å². The third-order valence-electron chi connectivity index (χ3n) is 18.2. The minimum Gasteiger partial charge on any atom is -0.440 e. The smallest absolute Gasteiger partial charge is 0.297 e. The Morgan fingerprint density at radius 2 is 0.897 bits per heavy atom. The fourth-order valence-corrected chi connectivity index (χ4v) is 15.3. The summed E-state index contributed by atoms with van der Waals surface area (Å²) in [6.45, 7) is 9.32. The number of rotatable bonds is 21. The zero-order valence-corrected chi connectivity index (χ0v) is 67.3. The number of halogens is 1. The Morgan fingerprint density at radius 3 is 1.39 bits per heavy atom. The summed E-state index contributed by atoms with van der Waals surface area (Å²) < 4.78 is 30.0. The lowest BCUT2D eigenvalue weighted by atomic mass is 10.1. The fourth-order valence-electron chi connectivity index (χ4n) is 12.6. The van der Waals surface area contributed by atoms with Gasteiger partial charge in [-0.15, -0.1) is 0 Å². The number of anilines is 6. The highest BCUT2D eigenvalue weighted by atomic mass is 35.5. The second kappa shape index (κ2) is 36.2. The number of ether oxygens (including phenoxy) is 1. The Morgan fingerprint density at radius 1 is 0.462 bits per heavy atom. The van der Waals surface area contributed by atoms with E-state index in [2.05, 4.69) is 55.3 Å². The molecule has 582 valence electrons. The molecule has 0 saturated heterocycles. The molecule has 0 unspecified atom stereocenters. The van der Waals surface area contributed by atoms with Crippen LogP contribution < -0.4 is 36.6 Å². The van der Waals surface area contributed by atoms with Crippen molar-refractivity contribution in [3.8, 4) is 23.8 Å². The molecule has 117 heavy (non-hydrogen) atoms. The zero-order chi connectivity index (χ0) is 82.6. The monoisotopic (exact) mass is 1640 g/mol. The van der Waals surface area contributed by atoms with Crippen LogP contribution >= 0.6 is 57.7 Å². The summed E-state index contributed by atoms with van der Waals surface area (Å²) in [5.41, 5.74) is 20.9. The van der Waals surface area contributed by atoms with E-state index in [0.29, 0.717) is 83.3 Å². The number of primary amides is 1. The van der Waals surface area contributed by atoms with E-state index in [1.54, 1.807) is 114 Å². The van der Waals surface area contributed by atoms with Crippen LogP contribution in [-0.2, 0) is 38.4 Å². The van der Waals surface area contributed by atoms with E-state index in [1.165, 1.54) is 17.6 Å². The highest BCUT2D eigenvalue weighted by molar-refractivity contribution is 7.11. The van der Waals surface area contributed by atoms with Crippen molar-refractivity contribution < 1.29 is 43.1 Å². The molecule has 0 bridgehead atoms. The number of nitriles is 2. The summed E-state index contributed by atoms with van der Waals surface area (Å²) in [5.74, 6) is -2.86. The Labute approximate surface area is 690 Å². The van der Waals surface area contributed by atoms with E-state index >= 15 is 0 Å². The molecule has 0 radical (unpaired) electrons. The van der Waals surface area contributed by atoms with Crippen LogP contribution in [0.25, 0.3) is 22.1 Å². The number of fused-ring (bicyclic) bond motifs is 4. The van der Waals surface area contributed by atoms with Crippen molar-refractivity contribution in [2.75, 3.05) is 33.2 Å². The average Bonchev–Trinajstić information content (AvgIpc) is 1.64. The molecule has 0 spiro atoms. The van der Waals surface area contributed by atoms with Crippen LogP contribution in [0, 0.1) is 57.3 Å². The maximum absolute atomic E-state index is 12.9. The largest absolute Gasteiger partial charge is 0.440 e. The number of carbonyl (C=O) groups is 8. The van der Waals surface area contributed by atoms with Gasteiger partial charge in [0.25, 0.3) is 35.1 Å². The van der Waals surface area contributed by atoms with Crippen LogP contribution in [0.1, 0.15) is 109 Å². The van der Waals surface area contributed by atoms with E-state index in [4.69, 9.17) is 32.6 Å². The molecule has 0 saturated carbocycles. The van der Waals surface area contributed by atoms with Gasteiger partial charge in [-0.2, -0.15) is 28.0 Å². The van der Waals surface area contributed by atoms with Crippen molar-refractivity contribution in [1.29, 1.82) is 10.5 Å². The molecule has 0 fully saturated rings. The predicted molar refractivity (Wildman–Crippen MR) is 455 cm³/mol. The minimum atomic E-state index is -0.741. The number of amides is 5. The van der Waals surface area contributed by atoms with Crippen molar-refractivity contribution in [2.24, 2.45) is 5.73 Å². The van der Waals surface area contributed by atoms with Crippen LogP contribution in [0.3, 0.4) is 0 Å². The van der Waals surface area contributed by atoms with Crippen molar-refractivity contribution in [3.63, 3.8) is 0 Å². The number of Topliss-reactive ketones (excluding diaryl/α,β-unsaturated/α-hetero) is 3. The lowest BCUT2D eigenvalue weighted by Gasteiger charge is -2.19. The van der Waals surface area contributed by atoms with Gasteiger partial charge < -0.3 is 49.8 Å². The van der Waals surface area contributed by atoms with E-state index in [9.17, 15) is 38.4 Å². The van der Waals surface area contributed by atoms with Crippen LogP contribution in [-0.4, -0.2) is 89.0 Å². The molecule has 0 aliphatic rings. The number of hydrogen-bond donors (Lipinski definition) is 5. The molecule has 0 aliphatic heterocycles. The maximum Gasteiger partial charge on any atom is 0.297 e. The summed E-state index contributed by atoms with van der Waals surface area (Å²) in [6, 6.07) is 67.5. The first-order chi connectivity index (χ1) is 56.4. The molecule has 4 aromatic carbocycles.